The Hall–Kier alpha value is -1.60. The third kappa shape index (κ3) is 3.04. The summed E-state index contributed by atoms with van der Waals surface area (Å²) >= 11 is 3.50. The Morgan fingerprint density at radius 1 is 1.16 bits per heavy atom. The molecule has 0 aliphatic carbocycles. The van der Waals surface area contributed by atoms with E-state index in [9.17, 15) is 9.59 Å². The zero-order valence-corrected chi connectivity index (χ0v) is 15.7. The Morgan fingerprint density at radius 2 is 1.92 bits per heavy atom. The largest absolute Gasteiger partial charge is 0.451 e. The molecule has 5 nitrogen and oxygen atoms in total. The van der Waals surface area contributed by atoms with Crippen LogP contribution >= 0.6 is 23.5 Å². The number of nitrogens with zero attached hydrogens (tertiary/aromatic N) is 2. The van der Waals surface area contributed by atoms with E-state index in [4.69, 9.17) is 4.42 Å². The Kier molecular flexibility index (Phi) is 4.69. The van der Waals surface area contributed by atoms with E-state index >= 15 is 0 Å². The van der Waals surface area contributed by atoms with Gasteiger partial charge in [-0.15, -0.1) is 11.8 Å². The quantitative estimate of drug-likeness (QED) is 0.807. The fraction of sp³-hybridized carbons (Fsp3) is 0.444. The fourth-order valence-corrected chi connectivity index (χ4v) is 5.40. The Labute approximate surface area is 155 Å². The molecule has 132 valence electrons. The molecule has 2 amide bonds. The summed E-state index contributed by atoms with van der Waals surface area (Å²) in [5.74, 6) is 3.40. The summed E-state index contributed by atoms with van der Waals surface area (Å²) in [4.78, 5) is 29.5. The summed E-state index contributed by atoms with van der Waals surface area (Å²) in [5, 5.41) is 0.952. The van der Waals surface area contributed by atoms with Crippen LogP contribution in [0.5, 0.6) is 0 Å². The topological polar surface area (TPSA) is 53.8 Å². The lowest BCUT2D eigenvalue weighted by Crippen LogP contribution is -2.51. The van der Waals surface area contributed by atoms with Gasteiger partial charge >= 0.3 is 0 Å². The number of hydrogen-bond donors (Lipinski definition) is 0. The Balaban J connectivity index is 1.59. The molecule has 2 aromatic rings. The van der Waals surface area contributed by atoms with Gasteiger partial charge in [0.1, 0.15) is 11.6 Å². The van der Waals surface area contributed by atoms with Crippen LogP contribution in [0.2, 0.25) is 0 Å². The van der Waals surface area contributed by atoms with Crippen molar-refractivity contribution in [3.63, 3.8) is 0 Å². The molecule has 1 unspecified atom stereocenters. The Morgan fingerprint density at radius 3 is 2.68 bits per heavy atom. The van der Waals surface area contributed by atoms with E-state index in [0.29, 0.717) is 23.0 Å². The lowest BCUT2D eigenvalue weighted by atomic mass is 10.1. The first-order chi connectivity index (χ1) is 12.2. The van der Waals surface area contributed by atoms with E-state index in [1.807, 2.05) is 47.9 Å². The van der Waals surface area contributed by atoms with Gasteiger partial charge in [-0.2, -0.15) is 11.8 Å². The van der Waals surface area contributed by atoms with Crippen molar-refractivity contribution >= 4 is 46.3 Å². The van der Waals surface area contributed by atoms with Gasteiger partial charge in [0.15, 0.2) is 5.76 Å². The fourth-order valence-electron chi connectivity index (χ4n) is 3.35. The van der Waals surface area contributed by atoms with Crippen LogP contribution in [0.1, 0.15) is 16.1 Å². The van der Waals surface area contributed by atoms with E-state index in [-0.39, 0.29) is 17.9 Å². The minimum atomic E-state index is -0.381. The minimum absolute atomic E-state index is 0.0763. The molecule has 25 heavy (non-hydrogen) atoms. The lowest BCUT2D eigenvalue weighted by Gasteiger charge is -2.31. The maximum Gasteiger partial charge on any atom is 0.291 e. The van der Waals surface area contributed by atoms with Crippen LogP contribution in [-0.4, -0.2) is 63.9 Å². The molecule has 7 heteroatoms. The van der Waals surface area contributed by atoms with Crippen molar-refractivity contribution in [2.45, 2.75) is 13.0 Å². The summed E-state index contributed by atoms with van der Waals surface area (Å²) in [6.45, 7) is 3.45. The van der Waals surface area contributed by atoms with Gasteiger partial charge < -0.3 is 14.2 Å². The van der Waals surface area contributed by atoms with E-state index in [0.717, 1.165) is 35.5 Å². The van der Waals surface area contributed by atoms with Gasteiger partial charge in [-0.3, -0.25) is 9.59 Å². The van der Waals surface area contributed by atoms with Crippen molar-refractivity contribution in [1.82, 2.24) is 9.80 Å². The molecule has 0 N–H and O–H groups in total. The molecule has 0 saturated carbocycles. The lowest BCUT2D eigenvalue weighted by molar-refractivity contribution is -0.134. The van der Waals surface area contributed by atoms with E-state index in [1.54, 1.807) is 16.7 Å². The van der Waals surface area contributed by atoms with E-state index < -0.39 is 0 Å². The van der Waals surface area contributed by atoms with Gasteiger partial charge in [0.25, 0.3) is 5.91 Å². The molecule has 2 aliphatic heterocycles. The number of amides is 2. The highest BCUT2D eigenvalue weighted by Crippen LogP contribution is 2.30. The Bertz CT molecular complexity index is 814. The van der Waals surface area contributed by atoms with Crippen molar-refractivity contribution in [1.29, 1.82) is 0 Å². The molecule has 0 bridgehead atoms. The molecule has 2 aliphatic rings. The van der Waals surface area contributed by atoms with E-state index in [1.165, 1.54) is 0 Å². The molecule has 4 rings (SSSR count). The van der Waals surface area contributed by atoms with Gasteiger partial charge in [0, 0.05) is 41.3 Å². The van der Waals surface area contributed by atoms with E-state index in [2.05, 4.69) is 0 Å². The second-order valence-electron chi connectivity index (χ2n) is 6.28. The van der Waals surface area contributed by atoms with Crippen LogP contribution in [0.25, 0.3) is 11.0 Å². The summed E-state index contributed by atoms with van der Waals surface area (Å²) in [5.41, 5.74) is 1.56. The molecule has 1 aromatic carbocycles. The van der Waals surface area contributed by atoms with Crippen molar-refractivity contribution in [2.24, 2.45) is 0 Å². The highest BCUT2D eigenvalue weighted by Gasteiger charge is 2.39. The standard InChI is InChI=1S/C18H20N2O3S2/c1-12-13-4-2-3-5-15(13)23-16(12)18(22)20-11-25-10-14(20)17(21)19-6-8-24-9-7-19/h2-5,14H,6-11H2,1H3. The number of rotatable bonds is 2. The number of carbonyl (C=O) groups is 2. The van der Waals surface area contributed by atoms with Gasteiger partial charge in [0.05, 0.1) is 5.88 Å². The summed E-state index contributed by atoms with van der Waals surface area (Å²) in [6.07, 6.45) is 0. The number of benzene rings is 1. The van der Waals surface area contributed by atoms with Crippen molar-refractivity contribution in [2.75, 3.05) is 36.2 Å². The second-order valence-corrected chi connectivity index (χ2v) is 8.51. The van der Waals surface area contributed by atoms with Crippen molar-refractivity contribution in [3.05, 3.63) is 35.6 Å². The second kappa shape index (κ2) is 6.96. The number of carbonyl (C=O) groups excluding carboxylic acids is 2. The molecule has 3 heterocycles. The average molecular weight is 377 g/mol. The maximum absolute atomic E-state index is 13.1. The molecular weight excluding hydrogens is 356 g/mol. The molecular formula is C18H20N2O3S2. The molecule has 1 atom stereocenters. The maximum atomic E-state index is 13.1. The highest BCUT2D eigenvalue weighted by atomic mass is 32.2. The van der Waals surface area contributed by atoms with Crippen LogP contribution < -0.4 is 0 Å². The number of aryl methyl sites for hydroxylation is 1. The third-order valence-electron chi connectivity index (χ3n) is 4.79. The van der Waals surface area contributed by atoms with Gasteiger partial charge in [-0.05, 0) is 13.0 Å². The predicted octanol–water partition coefficient (Wildman–Crippen LogP) is 2.83. The highest BCUT2D eigenvalue weighted by molar-refractivity contribution is 7.99. The normalized spacial score (nSPS) is 21.1. The van der Waals surface area contributed by atoms with Crippen LogP contribution in [0, 0.1) is 6.92 Å². The molecule has 0 spiro atoms. The molecule has 2 fully saturated rings. The van der Waals surface area contributed by atoms with Crippen LogP contribution in [0.3, 0.4) is 0 Å². The number of para-hydroxylation sites is 1. The SMILES string of the molecule is Cc1c(C(=O)N2CSCC2C(=O)N2CCSCC2)oc2ccccc12. The first-order valence-electron chi connectivity index (χ1n) is 8.40. The number of hydrogen-bond acceptors (Lipinski definition) is 5. The zero-order chi connectivity index (χ0) is 17.4. The summed E-state index contributed by atoms with van der Waals surface area (Å²) < 4.78 is 5.82. The van der Waals surface area contributed by atoms with Gasteiger partial charge in [-0.1, -0.05) is 18.2 Å². The van der Waals surface area contributed by atoms with Crippen LogP contribution in [0.4, 0.5) is 0 Å². The molecule has 2 saturated heterocycles. The van der Waals surface area contributed by atoms with Crippen LogP contribution in [0.15, 0.2) is 28.7 Å². The predicted molar refractivity (Wildman–Crippen MR) is 102 cm³/mol. The number of fused-ring (bicyclic) bond motifs is 1. The first-order valence-corrected chi connectivity index (χ1v) is 10.7. The van der Waals surface area contributed by atoms with Gasteiger partial charge in [-0.25, -0.2) is 0 Å². The first kappa shape index (κ1) is 16.8. The number of thioether (sulfide) groups is 2. The smallest absolute Gasteiger partial charge is 0.291 e. The summed E-state index contributed by atoms with van der Waals surface area (Å²) in [7, 11) is 0. The van der Waals surface area contributed by atoms with Crippen molar-refractivity contribution in [3.8, 4) is 0 Å². The monoisotopic (exact) mass is 376 g/mol. The molecule has 0 radical (unpaired) electrons. The molecule has 1 aromatic heterocycles. The minimum Gasteiger partial charge on any atom is -0.451 e. The average Bonchev–Trinajstić information content (AvgIpc) is 3.27. The zero-order valence-electron chi connectivity index (χ0n) is 14.1. The van der Waals surface area contributed by atoms with Gasteiger partial charge in [0.2, 0.25) is 5.91 Å². The third-order valence-corrected chi connectivity index (χ3v) is 6.74. The van der Waals surface area contributed by atoms with Crippen LogP contribution in [-0.2, 0) is 4.79 Å². The number of furan rings is 1. The summed E-state index contributed by atoms with van der Waals surface area (Å²) in [6, 6.07) is 7.27. The van der Waals surface area contributed by atoms with Crippen molar-refractivity contribution < 1.29 is 14.0 Å².